The second kappa shape index (κ2) is 7.60. The van der Waals surface area contributed by atoms with Crippen LogP contribution in [-0.2, 0) is 0 Å². The minimum Gasteiger partial charge on any atom is -0.349 e. The fraction of sp³-hybridized carbons (Fsp3) is 0.333. The quantitative estimate of drug-likeness (QED) is 0.544. The van der Waals surface area contributed by atoms with Crippen LogP contribution >= 0.6 is 0 Å². The maximum Gasteiger partial charge on any atom is 0.168 e. The number of hydrogen-bond donors (Lipinski definition) is 1. The Morgan fingerprint density at radius 3 is 3.00 bits per heavy atom. The zero-order chi connectivity index (χ0) is 20.5. The van der Waals surface area contributed by atoms with Gasteiger partial charge in [0.2, 0.25) is 0 Å². The number of carbonyl (C=O) groups is 1. The lowest BCUT2D eigenvalue weighted by molar-refractivity contribution is 0.101. The van der Waals surface area contributed by atoms with Crippen molar-refractivity contribution in [2.24, 2.45) is 5.73 Å². The molecule has 0 saturated carbocycles. The van der Waals surface area contributed by atoms with Crippen LogP contribution in [0.2, 0.25) is 0 Å². The lowest BCUT2D eigenvalue weighted by Gasteiger charge is -2.26. The predicted molar refractivity (Wildman–Crippen MR) is 107 cm³/mol. The lowest BCUT2D eigenvalue weighted by Crippen LogP contribution is -2.25. The van der Waals surface area contributed by atoms with Crippen LogP contribution in [0.4, 0.5) is 10.2 Å². The molecule has 1 saturated heterocycles. The first-order valence-corrected chi connectivity index (χ1v) is 9.48. The van der Waals surface area contributed by atoms with Crippen molar-refractivity contribution in [1.82, 2.24) is 19.6 Å². The molecule has 0 unspecified atom stereocenters. The van der Waals surface area contributed by atoms with Crippen molar-refractivity contribution >= 4 is 17.2 Å². The maximum atomic E-state index is 14.0. The Kier molecular flexibility index (Phi) is 4.99. The van der Waals surface area contributed by atoms with Gasteiger partial charge < -0.3 is 10.6 Å². The molecule has 29 heavy (non-hydrogen) atoms. The summed E-state index contributed by atoms with van der Waals surface area (Å²) in [6.07, 6.45) is 6.22. The van der Waals surface area contributed by atoms with Crippen LogP contribution in [0.25, 0.3) is 5.65 Å². The Hall–Kier alpha value is -3.31. The van der Waals surface area contributed by atoms with Crippen molar-refractivity contribution in [3.05, 3.63) is 53.4 Å². The van der Waals surface area contributed by atoms with E-state index in [1.54, 1.807) is 17.6 Å². The Morgan fingerprint density at radius 2 is 2.24 bits per heavy atom. The van der Waals surface area contributed by atoms with E-state index < -0.39 is 5.82 Å². The van der Waals surface area contributed by atoms with Gasteiger partial charge in [-0.05, 0) is 44.7 Å². The molecule has 8 heteroatoms. The molecular weight excluding hydrogens is 371 g/mol. The highest BCUT2D eigenvalue weighted by Gasteiger charge is 2.30. The van der Waals surface area contributed by atoms with E-state index in [1.807, 2.05) is 6.07 Å². The Balaban J connectivity index is 1.77. The second-order valence-electron chi connectivity index (χ2n) is 7.17. The zero-order valence-corrected chi connectivity index (χ0v) is 16.3. The third kappa shape index (κ3) is 3.69. The third-order valence-corrected chi connectivity index (χ3v) is 4.94. The number of halogens is 1. The number of anilines is 1. The minimum atomic E-state index is -0.406. The molecule has 1 fully saturated rings. The average Bonchev–Trinajstić information content (AvgIpc) is 3.33. The molecule has 4 heterocycles. The summed E-state index contributed by atoms with van der Waals surface area (Å²) in [6.45, 7) is 4.04. The van der Waals surface area contributed by atoms with Gasteiger partial charge in [-0.2, -0.15) is 5.10 Å². The Bertz CT molecular complexity index is 1140. The van der Waals surface area contributed by atoms with E-state index in [9.17, 15) is 9.18 Å². The molecule has 3 aromatic rings. The smallest absolute Gasteiger partial charge is 0.168 e. The zero-order valence-electron chi connectivity index (χ0n) is 16.3. The van der Waals surface area contributed by atoms with Crippen LogP contribution in [0.5, 0.6) is 0 Å². The van der Waals surface area contributed by atoms with Crippen LogP contribution in [0.1, 0.15) is 54.3 Å². The molecule has 1 aliphatic rings. The van der Waals surface area contributed by atoms with E-state index in [2.05, 4.69) is 31.8 Å². The van der Waals surface area contributed by atoms with Gasteiger partial charge >= 0.3 is 0 Å². The van der Waals surface area contributed by atoms with Gasteiger partial charge in [-0.15, -0.1) is 0 Å². The summed E-state index contributed by atoms with van der Waals surface area (Å²) in [5, 5.41) is 4.18. The molecule has 7 nitrogen and oxygen atoms in total. The molecule has 2 atom stereocenters. The van der Waals surface area contributed by atoms with Crippen molar-refractivity contribution in [2.45, 2.75) is 38.8 Å². The summed E-state index contributed by atoms with van der Waals surface area (Å²) in [5.74, 6) is 6.09. The molecule has 0 spiro atoms. The Labute approximate surface area is 167 Å². The number of ketones is 1. The number of hydrogen-bond acceptors (Lipinski definition) is 6. The van der Waals surface area contributed by atoms with Crippen molar-refractivity contribution in [3.63, 3.8) is 0 Å². The number of nitrogens with zero attached hydrogens (tertiary/aromatic N) is 5. The van der Waals surface area contributed by atoms with E-state index in [0.29, 0.717) is 22.7 Å². The van der Waals surface area contributed by atoms with Gasteiger partial charge in [0.25, 0.3) is 0 Å². The molecule has 2 N–H and O–H groups in total. The normalized spacial score (nSPS) is 17.2. The first kappa shape index (κ1) is 19.0. The summed E-state index contributed by atoms with van der Waals surface area (Å²) < 4.78 is 15.6. The highest BCUT2D eigenvalue weighted by molar-refractivity contribution is 5.99. The molecule has 0 aromatic carbocycles. The van der Waals surface area contributed by atoms with E-state index in [1.165, 1.54) is 25.4 Å². The summed E-state index contributed by atoms with van der Waals surface area (Å²) in [6, 6.07) is 2.92. The molecule has 4 rings (SSSR count). The van der Waals surface area contributed by atoms with E-state index in [-0.39, 0.29) is 17.9 Å². The summed E-state index contributed by atoms with van der Waals surface area (Å²) in [4.78, 5) is 22.8. The topological polar surface area (TPSA) is 89.4 Å². The summed E-state index contributed by atoms with van der Waals surface area (Å²) >= 11 is 0. The predicted octanol–water partition coefficient (Wildman–Crippen LogP) is 2.51. The van der Waals surface area contributed by atoms with Crippen molar-refractivity contribution in [1.29, 1.82) is 0 Å². The Morgan fingerprint density at radius 1 is 1.41 bits per heavy atom. The number of rotatable bonds is 3. The van der Waals surface area contributed by atoms with Crippen LogP contribution in [0.15, 0.2) is 30.7 Å². The molecule has 0 aliphatic carbocycles. The molecule has 0 amide bonds. The van der Waals surface area contributed by atoms with Crippen LogP contribution in [0.3, 0.4) is 0 Å². The van der Waals surface area contributed by atoms with Gasteiger partial charge in [-0.25, -0.2) is 18.9 Å². The SMILES string of the molecule is CC(=O)c1cnn2ccc(N3CCC[C@@H]3c3cc(F)cnc3C#C[C@H](C)N)nc12. The van der Waals surface area contributed by atoms with Crippen LogP contribution in [-0.4, -0.2) is 38.0 Å². The van der Waals surface area contributed by atoms with Gasteiger partial charge in [0.1, 0.15) is 17.3 Å². The molecule has 148 valence electrons. The van der Waals surface area contributed by atoms with Crippen molar-refractivity contribution in [3.8, 4) is 11.8 Å². The summed E-state index contributed by atoms with van der Waals surface area (Å²) in [5.41, 5.74) is 7.97. The van der Waals surface area contributed by atoms with E-state index in [4.69, 9.17) is 5.73 Å². The third-order valence-electron chi connectivity index (χ3n) is 4.94. The van der Waals surface area contributed by atoms with Gasteiger partial charge in [-0.1, -0.05) is 5.92 Å². The lowest BCUT2D eigenvalue weighted by atomic mass is 10.0. The van der Waals surface area contributed by atoms with E-state index in [0.717, 1.165) is 24.9 Å². The molecule has 0 bridgehead atoms. The van der Waals surface area contributed by atoms with Crippen LogP contribution in [0, 0.1) is 17.7 Å². The number of Topliss-reactive ketones (excluding diaryl/α,β-unsaturated/α-hetero) is 1. The van der Waals surface area contributed by atoms with E-state index >= 15 is 0 Å². The van der Waals surface area contributed by atoms with Crippen molar-refractivity contribution in [2.75, 3.05) is 11.4 Å². The van der Waals surface area contributed by atoms with Gasteiger partial charge in [0, 0.05) is 18.3 Å². The highest BCUT2D eigenvalue weighted by atomic mass is 19.1. The molecule has 3 aromatic heterocycles. The van der Waals surface area contributed by atoms with Gasteiger partial charge in [0.15, 0.2) is 11.4 Å². The second-order valence-corrected chi connectivity index (χ2v) is 7.17. The minimum absolute atomic E-state index is 0.0922. The van der Waals surface area contributed by atoms with Crippen LogP contribution < -0.4 is 10.6 Å². The van der Waals surface area contributed by atoms with Gasteiger partial charge in [-0.3, -0.25) is 4.79 Å². The maximum absolute atomic E-state index is 14.0. The standard InChI is InChI=1S/C21H21FN6O/c1-13(23)5-6-18-16(10-15(22)11-24-18)19-4-3-8-27(19)20-7-9-28-21(26-20)17(12-25-28)14(2)29/h7,9-13,19H,3-4,8,23H2,1-2H3/t13-,19+/m0/s1. The first-order valence-electron chi connectivity index (χ1n) is 9.48. The number of fused-ring (bicyclic) bond motifs is 1. The van der Waals surface area contributed by atoms with Crippen molar-refractivity contribution < 1.29 is 9.18 Å². The fourth-order valence-electron chi connectivity index (χ4n) is 3.63. The largest absolute Gasteiger partial charge is 0.349 e. The number of pyridine rings is 1. The monoisotopic (exact) mass is 392 g/mol. The first-order chi connectivity index (χ1) is 13.9. The number of aromatic nitrogens is 4. The molecular formula is C21H21FN6O. The molecule has 0 radical (unpaired) electrons. The number of nitrogens with two attached hydrogens (primary N) is 1. The summed E-state index contributed by atoms with van der Waals surface area (Å²) in [7, 11) is 0. The fourth-order valence-corrected chi connectivity index (χ4v) is 3.63. The highest BCUT2D eigenvalue weighted by Crippen LogP contribution is 2.36. The number of carbonyl (C=O) groups excluding carboxylic acids is 1. The molecule has 1 aliphatic heterocycles. The average molecular weight is 392 g/mol. The van der Waals surface area contributed by atoms with Gasteiger partial charge in [0.05, 0.1) is 30.0 Å².